The Morgan fingerprint density at radius 2 is 1.74 bits per heavy atom. The Hall–Kier alpha value is -4.14. The maximum absolute atomic E-state index is 13.0. The van der Waals surface area contributed by atoms with Crippen molar-refractivity contribution >= 4 is 64.4 Å². The SMILES string of the molecule is O=C(COc1ccc(/C=C2\C(=O)NC(=O)N(c3cccc(Cl)c3)C2=O)cc1Cl)Nc1ccccc1. The van der Waals surface area contributed by atoms with Crippen molar-refractivity contribution in [3.63, 3.8) is 0 Å². The zero-order valence-corrected chi connectivity index (χ0v) is 19.5. The Bertz CT molecular complexity index is 1360. The highest BCUT2D eigenvalue weighted by atomic mass is 35.5. The van der Waals surface area contributed by atoms with Crippen molar-refractivity contribution in [1.29, 1.82) is 0 Å². The molecule has 1 aliphatic rings. The Morgan fingerprint density at radius 3 is 2.46 bits per heavy atom. The summed E-state index contributed by atoms with van der Waals surface area (Å²) in [4.78, 5) is 50.5. The minimum absolute atomic E-state index is 0.165. The first kappa shape index (κ1) is 24.0. The third-order valence-electron chi connectivity index (χ3n) is 4.85. The molecule has 5 amide bonds. The number of amides is 5. The standard InChI is InChI=1S/C25H17Cl2N3O5/c26-16-5-4-8-18(13-16)30-24(33)19(23(32)29-25(30)34)11-15-9-10-21(20(27)12-15)35-14-22(31)28-17-6-2-1-3-7-17/h1-13H,14H2,(H,28,31)(H,29,32,34)/b19-11+. The number of barbiturate groups is 1. The summed E-state index contributed by atoms with van der Waals surface area (Å²) in [5.74, 6) is -1.77. The zero-order valence-electron chi connectivity index (χ0n) is 18.0. The quantitative estimate of drug-likeness (QED) is 0.370. The number of anilines is 2. The van der Waals surface area contributed by atoms with E-state index in [-0.39, 0.29) is 34.5 Å². The maximum Gasteiger partial charge on any atom is 0.335 e. The molecule has 10 heteroatoms. The van der Waals surface area contributed by atoms with Gasteiger partial charge in [0.05, 0.1) is 10.7 Å². The van der Waals surface area contributed by atoms with E-state index in [1.807, 2.05) is 6.07 Å². The summed E-state index contributed by atoms with van der Waals surface area (Å²) in [6.45, 7) is -0.271. The molecule has 3 aromatic carbocycles. The molecule has 0 aliphatic carbocycles. The minimum atomic E-state index is -0.880. The molecule has 0 bridgehead atoms. The lowest BCUT2D eigenvalue weighted by molar-refractivity contribution is -0.122. The average Bonchev–Trinajstić information content (AvgIpc) is 2.82. The molecule has 1 heterocycles. The van der Waals surface area contributed by atoms with Crippen LogP contribution in [0.15, 0.2) is 78.4 Å². The first-order chi connectivity index (χ1) is 16.8. The highest BCUT2D eigenvalue weighted by Gasteiger charge is 2.36. The molecular formula is C25H17Cl2N3O5. The zero-order chi connectivity index (χ0) is 24.9. The maximum atomic E-state index is 13.0. The number of hydrogen-bond donors (Lipinski definition) is 2. The van der Waals surface area contributed by atoms with Crippen molar-refractivity contribution in [2.45, 2.75) is 0 Å². The van der Waals surface area contributed by atoms with E-state index in [9.17, 15) is 19.2 Å². The average molecular weight is 510 g/mol. The van der Waals surface area contributed by atoms with E-state index in [4.69, 9.17) is 27.9 Å². The van der Waals surface area contributed by atoms with E-state index in [0.29, 0.717) is 16.3 Å². The molecule has 1 aliphatic heterocycles. The molecule has 35 heavy (non-hydrogen) atoms. The Labute approximate surface area is 210 Å². The van der Waals surface area contributed by atoms with Crippen LogP contribution in [0.3, 0.4) is 0 Å². The number of hydrogen-bond acceptors (Lipinski definition) is 5. The molecule has 0 unspecified atom stereocenters. The van der Waals surface area contributed by atoms with Crippen LogP contribution in [0.25, 0.3) is 6.08 Å². The van der Waals surface area contributed by atoms with Crippen LogP contribution >= 0.6 is 23.2 Å². The van der Waals surface area contributed by atoms with Crippen molar-refractivity contribution < 1.29 is 23.9 Å². The molecule has 8 nitrogen and oxygen atoms in total. The predicted molar refractivity (Wildman–Crippen MR) is 132 cm³/mol. The van der Waals surface area contributed by atoms with Gasteiger partial charge < -0.3 is 10.1 Å². The lowest BCUT2D eigenvalue weighted by atomic mass is 10.1. The molecule has 176 valence electrons. The Morgan fingerprint density at radius 1 is 0.971 bits per heavy atom. The van der Waals surface area contributed by atoms with Crippen molar-refractivity contribution in [2.75, 3.05) is 16.8 Å². The second kappa shape index (κ2) is 10.4. The third kappa shape index (κ3) is 5.68. The van der Waals surface area contributed by atoms with Crippen molar-refractivity contribution in [2.24, 2.45) is 0 Å². The van der Waals surface area contributed by atoms with Gasteiger partial charge in [-0.05, 0) is 54.1 Å². The van der Waals surface area contributed by atoms with E-state index in [1.165, 1.54) is 30.3 Å². The molecule has 0 radical (unpaired) electrons. The fourth-order valence-corrected chi connectivity index (χ4v) is 3.69. The number of rotatable bonds is 6. The monoisotopic (exact) mass is 509 g/mol. The number of imide groups is 2. The molecule has 0 saturated carbocycles. The second-order valence-corrected chi connectivity index (χ2v) is 8.17. The number of carbonyl (C=O) groups excluding carboxylic acids is 4. The highest BCUT2D eigenvalue weighted by Crippen LogP contribution is 2.28. The minimum Gasteiger partial charge on any atom is -0.482 e. The van der Waals surface area contributed by atoms with Gasteiger partial charge in [0, 0.05) is 10.7 Å². The molecule has 2 N–H and O–H groups in total. The van der Waals surface area contributed by atoms with Crippen LogP contribution in [0, 0.1) is 0 Å². The predicted octanol–water partition coefficient (Wildman–Crippen LogP) is 4.68. The summed E-state index contributed by atoms with van der Waals surface area (Å²) in [6, 6.07) is 18.7. The number of ether oxygens (including phenoxy) is 1. The molecule has 0 atom stereocenters. The van der Waals surface area contributed by atoms with Crippen LogP contribution in [0.1, 0.15) is 5.56 Å². The van der Waals surface area contributed by atoms with Crippen LogP contribution in [0.5, 0.6) is 5.75 Å². The second-order valence-electron chi connectivity index (χ2n) is 7.33. The number of nitrogens with zero attached hydrogens (tertiary/aromatic N) is 1. The van der Waals surface area contributed by atoms with Crippen LogP contribution in [-0.4, -0.2) is 30.4 Å². The lowest BCUT2D eigenvalue weighted by Crippen LogP contribution is -2.54. The van der Waals surface area contributed by atoms with Gasteiger partial charge in [-0.1, -0.05) is 53.5 Å². The van der Waals surface area contributed by atoms with Crippen molar-refractivity contribution in [3.8, 4) is 5.75 Å². The Kier molecular flexibility index (Phi) is 7.14. The van der Waals surface area contributed by atoms with Crippen LogP contribution in [0.2, 0.25) is 10.0 Å². The smallest absolute Gasteiger partial charge is 0.335 e. The molecular weight excluding hydrogens is 493 g/mol. The molecule has 1 fully saturated rings. The molecule has 4 rings (SSSR count). The largest absolute Gasteiger partial charge is 0.482 e. The molecule has 0 aromatic heterocycles. The molecule has 3 aromatic rings. The van der Waals surface area contributed by atoms with Crippen LogP contribution in [0.4, 0.5) is 16.2 Å². The summed E-state index contributed by atoms with van der Waals surface area (Å²) in [6.07, 6.45) is 1.30. The van der Waals surface area contributed by atoms with E-state index in [2.05, 4.69) is 10.6 Å². The number of carbonyl (C=O) groups is 4. The lowest BCUT2D eigenvalue weighted by Gasteiger charge is -2.26. The van der Waals surface area contributed by atoms with Gasteiger partial charge in [0.15, 0.2) is 6.61 Å². The summed E-state index contributed by atoms with van der Waals surface area (Å²) < 4.78 is 5.48. The Balaban J connectivity index is 1.49. The van der Waals surface area contributed by atoms with E-state index in [1.54, 1.807) is 42.5 Å². The van der Waals surface area contributed by atoms with Gasteiger partial charge in [-0.15, -0.1) is 0 Å². The van der Waals surface area contributed by atoms with Crippen molar-refractivity contribution in [3.05, 3.63) is 94.0 Å². The van der Waals surface area contributed by atoms with Crippen LogP contribution in [-0.2, 0) is 14.4 Å². The van der Waals surface area contributed by atoms with Crippen LogP contribution < -0.4 is 20.3 Å². The van der Waals surface area contributed by atoms with E-state index in [0.717, 1.165) is 4.90 Å². The number of benzene rings is 3. The first-order valence-electron chi connectivity index (χ1n) is 10.3. The highest BCUT2D eigenvalue weighted by molar-refractivity contribution is 6.39. The van der Waals surface area contributed by atoms with Gasteiger partial charge in [0.2, 0.25) is 0 Å². The summed E-state index contributed by atoms with van der Waals surface area (Å²) >= 11 is 12.2. The fourth-order valence-electron chi connectivity index (χ4n) is 3.26. The van der Waals surface area contributed by atoms with E-state index < -0.39 is 17.8 Å². The van der Waals surface area contributed by atoms with Crippen molar-refractivity contribution in [1.82, 2.24) is 5.32 Å². The topological polar surface area (TPSA) is 105 Å². The summed E-state index contributed by atoms with van der Waals surface area (Å²) in [5, 5.41) is 5.32. The number of nitrogens with one attached hydrogen (secondary N) is 2. The van der Waals surface area contributed by atoms with Gasteiger partial charge in [-0.3, -0.25) is 19.7 Å². The number of para-hydroxylation sites is 1. The summed E-state index contributed by atoms with van der Waals surface area (Å²) in [5.41, 5.74) is 0.996. The van der Waals surface area contributed by atoms with Gasteiger partial charge >= 0.3 is 6.03 Å². The van der Waals surface area contributed by atoms with E-state index >= 15 is 0 Å². The number of halogens is 2. The van der Waals surface area contributed by atoms with Gasteiger partial charge in [0.25, 0.3) is 17.7 Å². The van der Waals surface area contributed by atoms with Gasteiger partial charge in [0.1, 0.15) is 11.3 Å². The normalized spacial score (nSPS) is 14.6. The van der Waals surface area contributed by atoms with Gasteiger partial charge in [-0.2, -0.15) is 0 Å². The fraction of sp³-hybridized carbons (Fsp3) is 0.0400. The molecule has 0 spiro atoms. The molecule has 1 saturated heterocycles. The summed E-state index contributed by atoms with van der Waals surface area (Å²) in [7, 11) is 0. The third-order valence-corrected chi connectivity index (χ3v) is 5.38. The first-order valence-corrected chi connectivity index (χ1v) is 11.0. The van der Waals surface area contributed by atoms with Gasteiger partial charge in [-0.25, -0.2) is 9.69 Å². The number of urea groups is 1.